The molecule has 2 unspecified atom stereocenters. The van der Waals surface area contributed by atoms with Crippen LogP contribution in [0, 0.1) is 12.8 Å². The molecule has 1 aromatic carbocycles. The molecule has 17 heavy (non-hydrogen) atoms. The van der Waals surface area contributed by atoms with Crippen LogP contribution < -0.4 is 4.74 Å². The Morgan fingerprint density at radius 1 is 1.47 bits per heavy atom. The van der Waals surface area contributed by atoms with Crippen LogP contribution in [0.4, 0.5) is 0 Å². The van der Waals surface area contributed by atoms with Crippen LogP contribution in [0.3, 0.4) is 0 Å². The molecular weight excluding hydrogens is 216 g/mol. The topological polar surface area (TPSA) is 46.5 Å². The standard InChI is InChI=1S/C14H18O3/c1-8(2)17-13-5-4-10(6-9(13)3)11-7-12(11)14(15)16/h4-6,8,11-12H,7H2,1-3H3,(H,15,16). The third-order valence-corrected chi connectivity index (χ3v) is 3.10. The molecule has 0 radical (unpaired) electrons. The number of benzene rings is 1. The van der Waals surface area contributed by atoms with Crippen molar-refractivity contribution >= 4 is 5.97 Å². The highest BCUT2D eigenvalue weighted by atomic mass is 16.5. The van der Waals surface area contributed by atoms with Crippen LogP contribution in [0.5, 0.6) is 5.75 Å². The smallest absolute Gasteiger partial charge is 0.307 e. The molecule has 0 aliphatic heterocycles. The van der Waals surface area contributed by atoms with Gasteiger partial charge >= 0.3 is 5.97 Å². The van der Waals surface area contributed by atoms with E-state index >= 15 is 0 Å². The Morgan fingerprint density at radius 3 is 2.65 bits per heavy atom. The van der Waals surface area contributed by atoms with Gasteiger partial charge in [0.05, 0.1) is 12.0 Å². The van der Waals surface area contributed by atoms with Gasteiger partial charge in [-0.05, 0) is 50.3 Å². The fourth-order valence-corrected chi connectivity index (χ4v) is 2.13. The highest BCUT2D eigenvalue weighted by Gasteiger charge is 2.44. The van der Waals surface area contributed by atoms with Crippen LogP contribution in [0.1, 0.15) is 37.3 Å². The summed E-state index contributed by atoms with van der Waals surface area (Å²) < 4.78 is 5.66. The largest absolute Gasteiger partial charge is 0.491 e. The zero-order chi connectivity index (χ0) is 12.6. The highest BCUT2D eigenvalue weighted by Crippen LogP contribution is 2.48. The Bertz CT molecular complexity index is 437. The highest BCUT2D eigenvalue weighted by molar-refractivity contribution is 5.75. The van der Waals surface area contributed by atoms with Gasteiger partial charge in [-0.1, -0.05) is 12.1 Å². The minimum atomic E-state index is -0.685. The maximum atomic E-state index is 10.8. The van der Waals surface area contributed by atoms with Gasteiger partial charge in [-0.2, -0.15) is 0 Å². The Labute approximate surface area is 101 Å². The molecule has 0 bridgehead atoms. The minimum absolute atomic E-state index is 0.159. The number of hydrogen-bond donors (Lipinski definition) is 1. The number of carbonyl (C=O) groups is 1. The molecule has 2 atom stereocenters. The van der Waals surface area contributed by atoms with Crippen molar-refractivity contribution in [2.75, 3.05) is 0 Å². The third-order valence-electron chi connectivity index (χ3n) is 3.10. The molecule has 2 rings (SSSR count). The lowest BCUT2D eigenvalue weighted by atomic mass is 10.1. The van der Waals surface area contributed by atoms with E-state index < -0.39 is 5.97 Å². The van der Waals surface area contributed by atoms with E-state index in [1.807, 2.05) is 39.0 Å². The first-order chi connectivity index (χ1) is 7.99. The second kappa shape index (κ2) is 4.40. The number of hydrogen-bond acceptors (Lipinski definition) is 2. The summed E-state index contributed by atoms with van der Waals surface area (Å²) in [7, 11) is 0. The Kier molecular flexibility index (Phi) is 3.09. The van der Waals surface area contributed by atoms with Crippen molar-refractivity contribution in [3.8, 4) is 5.75 Å². The molecule has 3 heteroatoms. The first-order valence-corrected chi connectivity index (χ1v) is 5.99. The molecular formula is C14H18O3. The van der Waals surface area contributed by atoms with E-state index in [1.54, 1.807) is 0 Å². The molecule has 0 heterocycles. The summed E-state index contributed by atoms with van der Waals surface area (Å²) in [6, 6.07) is 5.98. The van der Waals surface area contributed by atoms with Crippen LogP contribution >= 0.6 is 0 Å². The predicted octanol–water partition coefficient (Wildman–Crippen LogP) is 2.97. The van der Waals surface area contributed by atoms with Gasteiger partial charge in [-0.15, -0.1) is 0 Å². The number of ether oxygens (including phenoxy) is 1. The first-order valence-electron chi connectivity index (χ1n) is 5.99. The van der Waals surface area contributed by atoms with Gasteiger partial charge in [0.25, 0.3) is 0 Å². The average molecular weight is 234 g/mol. The van der Waals surface area contributed by atoms with Crippen molar-refractivity contribution in [2.45, 2.75) is 39.2 Å². The predicted molar refractivity (Wildman–Crippen MR) is 65.4 cm³/mol. The lowest BCUT2D eigenvalue weighted by Gasteiger charge is -2.13. The van der Waals surface area contributed by atoms with Crippen molar-refractivity contribution in [1.82, 2.24) is 0 Å². The van der Waals surface area contributed by atoms with E-state index in [1.165, 1.54) is 0 Å². The summed E-state index contributed by atoms with van der Waals surface area (Å²) in [5.41, 5.74) is 2.19. The minimum Gasteiger partial charge on any atom is -0.491 e. The third kappa shape index (κ3) is 2.60. The van der Waals surface area contributed by atoms with Crippen LogP contribution in [-0.4, -0.2) is 17.2 Å². The summed E-state index contributed by atoms with van der Waals surface area (Å²) in [6.07, 6.45) is 0.923. The zero-order valence-corrected chi connectivity index (χ0v) is 10.4. The maximum absolute atomic E-state index is 10.8. The molecule has 1 aliphatic carbocycles. The monoisotopic (exact) mass is 234 g/mol. The van der Waals surface area contributed by atoms with Crippen molar-refractivity contribution in [3.63, 3.8) is 0 Å². The van der Waals surface area contributed by atoms with E-state index in [4.69, 9.17) is 9.84 Å². The lowest BCUT2D eigenvalue weighted by Crippen LogP contribution is -2.06. The molecule has 0 saturated heterocycles. The van der Waals surface area contributed by atoms with Crippen molar-refractivity contribution < 1.29 is 14.6 Å². The number of aryl methyl sites for hydroxylation is 1. The zero-order valence-electron chi connectivity index (χ0n) is 10.4. The second-order valence-electron chi connectivity index (χ2n) is 4.98. The van der Waals surface area contributed by atoms with E-state index in [0.717, 1.165) is 23.3 Å². The Hall–Kier alpha value is -1.51. The lowest BCUT2D eigenvalue weighted by molar-refractivity contribution is -0.138. The normalized spacial score (nSPS) is 22.6. The van der Waals surface area contributed by atoms with Crippen LogP contribution in [0.15, 0.2) is 18.2 Å². The fraction of sp³-hybridized carbons (Fsp3) is 0.500. The SMILES string of the molecule is Cc1cc(C2CC2C(=O)O)ccc1OC(C)C. The summed E-state index contributed by atoms with van der Waals surface area (Å²) in [5.74, 6) is 0.206. The van der Waals surface area contributed by atoms with Gasteiger partial charge in [-0.3, -0.25) is 4.79 Å². The summed E-state index contributed by atoms with van der Waals surface area (Å²) in [5, 5.41) is 8.90. The molecule has 0 spiro atoms. The Morgan fingerprint density at radius 2 is 2.18 bits per heavy atom. The van der Waals surface area contributed by atoms with Gasteiger partial charge in [0, 0.05) is 0 Å². The summed E-state index contributed by atoms with van der Waals surface area (Å²) in [6.45, 7) is 5.99. The molecule has 3 nitrogen and oxygen atoms in total. The fourth-order valence-electron chi connectivity index (χ4n) is 2.13. The van der Waals surface area contributed by atoms with E-state index in [2.05, 4.69) is 0 Å². The number of aliphatic carboxylic acids is 1. The Balaban J connectivity index is 2.12. The molecule has 0 amide bonds. The molecule has 92 valence electrons. The van der Waals surface area contributed by atoms with Crippen LogP contribution in [-0.2, 0) is 4.79 Å². The average Bonchev–Trinajstić information content (AvgIpc) is 3.00. The van der Waals surface area contributed by atoms with Gasteiger partial charge in [0.15, 0.2) is 0 Å². The molecule has 0 aromatic heterocycles. The van der Waals surface area contributed by atoms with Gasteiger partial charge in [0.1, 0.15) is 5.75 Å². The van der Waals surface area contributed by atoms with E-state index in [9.17, 15) is 4.79 Å². The van der Waals surface area contributed by atoms with E-state index in [0.29, 0.717) is 0 Å². The summed E-state index contributed by atoms with van der Waals surface area (Å²) in [4.78, 5) is 10.8. The van der Waals surface area contributed by atoms with Crippen molar-refractivity contribution in [2.24, 2.45) is 5.92 Å². The number of carboxylic acids is 1. The van der Waals surface area contributed by atoms with Crippen LogP contribution in [0.25, 0.3) is 0 Å². The number of rotatable bonds is 4. The molecule has 1 aromatic rings. The summed E-state index contributed by atoms with van der Waals surface area (Å²) >= 11 is 0. The van der Waals surface area contributed by atoms with Crippen molar-refractivity contribution in [3.05, 3.63) is 29.3 Å². The number of carboxylic acid groups (broad SMARTS) is 1. The quantitative estimate of drug-likeness (QED) is 0.871. The molecule has 1 saturated carbocycles. The second-order valence-corrected chi connectivity index (χ2v) is 4.98. The van der Waals surface area contributed by atoms with Crippen LogP contribution in [0.2, 0.25) is 0 Å². The van der Waals surface area contributed by atoms with Crippen molar-refractivity contribution in [1.29, 1.82) is 0 Å². The van der Waals surface area contributed by atoms with E-state index in [-0.39, 0.29) is 17.9 Å². The molecule has 1 fully saturated rings. The van der Waals surface area contributed by atoms with Gasteiger partial charge in [0.2, 0.25) is 0 Å². The van der Waals surface area contributed by atoms with Gasteiger partial charge < -0.3 is 9.84 Å². The molecule has 1 aliphatic rings. The van der Waals surface area contributed by atoms with Gasteiger partial charge in [-0.25, -0.2) is 0 Å². The maximum Gasteiger partial charge on any atom is 0.307 e. The first kappa shape index (κ1) is 12.0. The molecule has 1 N–H and O–H groups in total.